The predicted octanol–water partition coefficient (Wildman–Crippen LogP) is 2.90. The molecular formula is C19H20N4O3S. The van der Waals surface area contributed by atoms with Gasteiger partial charge in [0.15, 0.2) is 0 Å². The molecule has 0 spiro atoms. The van der Waals surface area contributed by atoms with E-state index in [0.717, 1.165) is 28.3 Å². The highest BCUT2D eigenvalue weighted by Crippen LogP contribution is 2.22. The summed E-state index contributed by atoms with van der Waals surface area (Å²) in [5.41, 5.74) is 4.52. The number of hydrogen-bond donors (Lipinski definition) is 1. The van der Waals surface area contributed by atoms with Crippen LogP contribution in [0.4, 0.5) is 5.69 Å². The standard InChI is InChI=1S/C19H20N4O3S/c1-13-10-15(11-21-16-4-9-19(26-3)22-12-16)14(2)23(13)17-5-7-18(8-6-17)27(20,24)25/h4-12H,1-3H3,(H2,20,24,25). The van der Waals surface area contributed by atoms with E-state index in [1.54, 1.807) is 37.7 Å². The summed E-state index contributed by atoms with van der Waals surface area (Å²) in [4.78, 5) is 8.67. The van der Waals surface area contributed by atoms with E-state index in [9.17, 15) is 8.42 Å². The molecule has 0 atom stereocenters. The molecule has 3 aromatic rings. The van der Waals surface area contributed by atoms with Gasteiger partial charge in [0, 0.05) is 34.9 Å². The average molecular weight is 384 g/mol. The maximum atomic E-state index is 11.4. The van der Waals surface area contributed by atoms with Crippen molar-refractivity contribution in [2.75, 3.05) is 7.11 Å². The van der Waals surface area contributed by atoms with Crippen LogP contribution in [0.3, 0.4) is 0 Å². The maximum Gasteiger partial charge on any atom is 0.238 e. The Balaban J connectivity index is 1.91. The van der Waals surface area contributed by atoms with Gasteiger partial charge in [-0.2, -0.15) is 0 Å². The molecule has 0 aliphatic rings. The second-order valence-electron chi connectivity index (χ2n) is 6.02. The minimum atomic E-state index is -3.71. The molecular weight excluding hydrogens is 364 g/mol. The average Bonchev–Trinajstić information content (AvgIpc) is 2.93. The third kappa shape index (κ3) is 4.07. The second-order valence-corrected chi connectivity index (χ2v) is 7.58. The molecule has 8 heteroatoms. The van der Waals surface area contributed by atoms with E-state index in [2.05, 4.69) is 9.98 Å². The molecule has 0 saturated heterocycles. The van der Waals surface area contributed by atoms with Crippen molar-refractivity contribution in [3.05, 3.63) is 65.6 Å². The smallest absolute Gasteiger partial charge is 0.238 e. The quantitative estimate of drug-likeness (QED) is 0.684. The van der Waals surface area contributed by atoms with Crippen LogP contribution in [0.5, 0.6) is 5.88 Å². The third-order valence-corrected chi connectivity index (χ3v) is 5.11. The number of sulfonamides is 1. The van der Waals surface area contributed by atoms with Gasteiger partial charge in [-0.15, -0.1) is 0 Å². The molecule has 0 fully saturated rings. The number of ether oxygens (including phenoxy) is 1. The number of pyridine rings is 1. The van der Waals surface area contributed by atoms with Crippen molar-refractivity contribution in [3.63, 3.8) is 0 Å². The molecule has 27 heavy (non-hydrogen) atoms. The molecule has 2 heterocycles. The highest BCUT2D eigenvalue weighted by Gasteiger charge is 2.12. The minimum Gasteiger partial charge on any atom is -0.481 e. The molecule has 0 saturated carbocycles. The normalized spacial score (nSPS) is 11.9. The van der Waals surface area contributed by atoms with E-state index in [-0.39, 0.29) is 4.90 Å². The van der Waals surface area contributed by atoms with Gasteiger partial charge in [0.05, 0.1) is 23.9 Å². The molecule has 7 nitrogen and oxygen atoms in total. The Bertz CT molecular complexity index is 1080. The zero-order valence-electron chi connectivity index (χ0n) is 15.2. The monoisotopic (exact) mass is 384 g/mol. The molecule has 0 aliphatic heterocycles. The Morgan fingerprint density at radius 2 is 1.85 bits per heavy atom. The maximum absolute atomic E-state index is 11.4. The van der Waals surface area contributed by atoms with E-state index in [4.69, 9.17) is 9.88 Å². The number of methoxy groups -OCH3 is 1. The zero-order chi connectivity index (χ0) is 19.6. The number of nitrogens with two attached hydrogens (primary N) is 1. The van der Waals surface area contributed by atoms with Crippen molar-refractivity contribution >= 4 is 21.9 Å². The first-order valence-corrected chi connectivity index (χ1v) is 9.70. The zero-order valence-corrected chi connectivity index (χ0v) is 16.1. The van der Waals surface area contributed by atoms with Crippen molar-refractivity contribution < 1.29 is 13.2 Å². The van der Waals surface area contributed by atoms with Crippen LogP contribution in [0, 0.1) is 13.8 Å². The second kappa shape index (κ2) is 7.34. The molecule has 0 amide bonds. The van der Waals surface area contributed by atoms with Gasteiger partial charge in [0.2, 0.25) is 15.9 Å². The molecule has 0 bridgehead atoms. The van der Waals surface area contributed by atoms with Gasteiger partial charge in [-0.25, -0.2) is 18.5 Å². The number of rotatable bonds is 5. The Kier molecular flexibility index (Phi) is 5.11. The molecule has 140 valence electrons. The van der Waals surface area contributed by atoms with Crippen LogP contribution in [0.2, 0.25) is 0 Å². The number of nitrogens with zero attached hydrogens (tertiary/aromatic N) is 3. The number of aliphatic imine (C=N–C) groups is 1. The summed E-state index contributed by atoms with van der Waals surface area (Å²) in [5.74, 6) is 0.537. The SMILES string of the molecule is COc1ccc(N=Cc2cc(C)n(-c3ccc(S(N)(=O)=O)cc3)c2C)cn1. The summed E-state index contributed by atoms with van der Waals surface area (Å²) in [7, 11) is -2.14. The van der Waals surface area contributed by atoms with E-state index in [1.165, 1.54) is 12.1 Å². The molecule has 2 aromatic heterocycles. The van der Waals surface area contributed by atoms with Crippen LogP contribution >= 0.6 is 0 Å². The number of benzene rings is 1. The molecule has 0 aliphatic carbocycles. The Morgan fingerprint density at radius 1 is 1.15 bits per heavy atom. The van der Waals surface area contributed by atoms with Gasteiger partial charge < -0.3 is 9.30 Å². The van der Waals surface area contributed by atoms with Crippen LogP contribution < -0.4 is 9.88 Å². The summed E-state index contributed by atoms with van der Waals surface area (Å²) in [5, 5.41) is 5.16. The van der Waals surface area contributed by atoms with Crippen molar-refractivity contribution in [2.24, 2.45) is 10.1 Å². The van der Waals surface area contributed by atoms with Crippen molar-refractivity contribution in [3.8, 4) is 11.6 Å². The third-order valence-electron chi connectivity index (χ3n) is 4.18. The fraction of sp³-hybridized carbons (Fsp3) is 0.158. The van der Waals surface area contributed by atoms with Crippen LogP contribution in [-0.2, 0) is 10.0 Å². The molecule has 0 radical (unpaired) electrons. The largest absolute Gasteiger partial charge is 0.481 e. The summed E-state index contributed by atoms with van der Waals surface area (Å²) in [6.45, 7) is 3.96. The topological polar surface area (TPSA) is 99.6 Å². The van der Waals surface area contributed by atoms with Crippen molar-refractivity contribution in [2.45, 2.75) is 18.7 Å². The fourth-order valence-corrected chi connectivity index (χ4v) is 3.33. The van der Waals surface area contributed by atoms with Gasteiger partial charge in [0.1, 0.15) is 0 Å². The Hall–Kier alpha value is -2.97. The lowest BCUT2D eigenvalue weighted by atomic mass is 10.2. The minimum absolute atomic E-state index is 0.0857. The van der Waals surface area contributed by atoms with Crippen molar-refractivity contribution in [1.29, 1.82) is 0 Å². The van der Waals surface area contributed by atoms with Gasteiger partial charge in [-0.05, 0) is 50.2 Å². The highest BCUT2D eigenvalue weighted by molar-refractivity contribution is 7.89. The van der Waals surface area contributed by atoms with Crippen LogP contribution in [-0.4, -0.2) is 31.3 Å². The summed E-state index contributed by atoms with van der Waals surface area (Å²) >= 11 is 0. The lowest BCUT2D eigenvalue weighted by Gasteiger charge is -2.10. The highest BCUT2D eigenvalue weighted by atomic mass is 32.2. The molecule has 0 unspecified atom stereocenters. The van der Waals surface area contributed by atoms with E-state index < -0.39 is 10.0 Å². The lowest BCUT2D eigenvalue weighted by molar-refractivity contribution is 0.398. The van der Waals surface area contributed by atoms with Crippen molar-refractivity contribution in [1.82, 2.24) is 9.55 Å². The number of aryl methyl sites for hydroxylation is 1. The number of hydrogen-bond acceptors (Lipinski definition) is 5. The fourth-order valence-electron chi connectivity index (χ4n) is 2.81. The van der Waals surface area contributed by atoms with Crippen LogP contribution in [0.1, 0.15) is 17.0 Å². The van der Waals surface area contributed by atoms with Crippen LogP contribution in [0.15, 0.2) is 58.5 Å². The lowest BCUT2D eigenvalue weighted by Crippen LogP contribution is -2.12. The Morgan fingerprint density at radius 3 is 2.41 bits per heavy atom. The Labute approximate surface area is 158 Å². The molecule has 2 N–H and O–H groups in total. The summed E-state index contributed by atoms with van der Waals surface area (Å²) in [6, 6.07) is 12.1. The first-order chi connectivity index (χ1) is 12.8. The van der Waals surface area contributed by atoms with E-state index in [1.807, 2.05) is 30.5 Å². The predicted molar refractivity (Wildman–Crippen MR) is 105 cm³/mol. The van der Waals surface area contributed by atoms with Gasteiger partial charge >= 0.3 is 0 Å². The number of aromatic nitrogens is 2. The summed E-state index contributed by atoms with van der Waals surface area (Å²) < 4.78 is 29.9. The summed E-state index contributed by atoms with van der Waals surface area (Å²) in [6.07, 6.45) is 3.42. The van der Waals surface area contributed by atoms with Gasteiger partial charge in [-0.1, -0.05) is 0 Å². The number of primary sulfonamides is 1. The van der Waals surface area contributed by atoms with Gasteiger partial charge in [0.25, 0.3) is 0 Å². The van der Waals surface area contributed by atoms with Gasteiger partial charge in [-0.3, -0.25) is 4.99 Å². The first kappa shape index (κ1) is 18.8. The van der Waals surface area contributed by atoms with Crippen LogP contribution in [0.25, 0.3) is 5.69 Å². The first-order valence-electron chi connectivity index (χ1n) is 8.16. The molecule has 3 rings (SSSR count). The molecule has 1 aromatic carbocycles. The van der Waals surface area contributed by atoms with E-state index in [0.29, 0.717) is 5.88 Å². The van der Waals surface area contributed by atoms with E-state index >= 15 is 0 Å².